The Labute approximate surface area is 78.7 Å². The number of nitriles is 1. The number of hydrogen-bond donors (Lipinski definition) is 0. The molecule has 0 heterocycles. The van der Waals surface area contributed by atoms with Gasteiger partial charge >= 0.3 is 5.97 Å². The minimum absolute atomic E-state index is 0.0513. The van der Waals surface area contributed by atoms with Crippen LogP contribution in [-0.4, -0.2) is 12.6 Å². The molecule has 0 N–H and O–H groups in total. The Hall–Kier alpha value is -1.04. The maximum absolute atomic E-state index is 11.3. The Kier molecular flexibility index (Phi) is 2.92. The third kappa shape index (κ3) is 2.21. The van der Waals surface area contributed by atoms with Crippen molar-refractivity contribution in [2.45, 2.75) is 33.1 Å². The number of hydrogen-bond acceptors (Lipinski definition) is 3. The number of carbonyl (C=O) groups is 1. The molecule has 0 radical (unpaired) electrons. The second kappa shape index (κ2) is 3.78. The molecule has 72 valence electrons. The van der Waals surface area contributed by atoms with Gasteiger partial charge in [0, 0.05) is 0 Å². The highest BCUT2D eigenvalue weighted by Crippen LogP contribution is 2.41. The van der Waals surface area contributed by atoms with Gasteiger partial charge in [-0.2, -0.15) is 5.26 Å². The monoisotopic (exact) mass is 181 g/mol. The molecule has 0 amide bonds. The van der Waals surface area contributed by atoms with E-state index in [9.17, 15) is 4.79 Å². The molecule has 1 saturated carbocycles. The number of carbonyl (C=O) groups excluding carboxylic acids is 1. The van der Waals surface area contributed by atoms with E-state index in [1.165, 1.54) is 0 Å². The molecule has 0 aromatic rings. The lowest BCUT2D eigenvalue weighted by Crippen LogP contribution is -2.17. The molecule has 3 heteroatoms. The Bertz CT molecular complexity index is 244. The summed E-state index contributed by atoms with van der Waals surface area (Å²) in [5.41, 5.74) is -0.308. The summed E-state index contributed by atoms with van der Waals surface area (Å²) in [5.74, 6) is -0.189. The summed E-state index contributed by atoms with van der Waals surface area (Å²) < 4.78 is 4.92. The molecule has 0 aromatic carbocycles. The van der Waals surface area contributed by atoms with E-state index < -0.39 is 0 Å². The molecule has 0 aliphatic heterocycles. The zero-order valence-electron chi connectivity index (χ0n) is 8.17. The number of ether oxygens (including phenoxy) is 1. The number of esters is 1. The summed E-state index contributed by atoms with van der Waals surface area (Å²) >= 11 is 0. The third-order valence-corrected chi connectivity index (χ3v) is 2.63. The highest BCUT2D eigenvalue weighted by molar-refractivity contribution is 5.73. The van der Waals surface area contributed by atoms with Crippen molar-refractivity contribution in [3.8, 4) is 6.07 Å². The first kappa shape index (κ1) is 10.0. The van der Waals surface area contributed by atoms with E-state index in [1.807, 2.05) is 6.92 Å². The molecule has 1 fully saturated rings. The van der Waals surface area contributed by atoms with Crippen LogP contribution in [0.1, 0.15) is 33.1 Å². The van der Waals surface area contributed by atoms with E-state index in [0.29, 0.717) is 13.0 Å². The normalized spacial score (nSPS) is 32.5. The van der Waals surface area contributed by atoms with Crippen molar-refractivity contribution in [2.24, 2.45) is 11.3 Å². The topological polar surface area (TPSA) is 50.1 Å². The average molecular weight is 181 g/mol. The minimum atomic E-state index is -0.308. The Morgan fingerprint density at radius 2 is 2.46 bits per heavy atom. The van der Waals surface area contributed by atoms with Crippen molar-refractivity contribution in [3.05, 3.63) is 0 Å². The maximum atomic E-state index is 11.3. The van der Waals surface area contributed by atoms with E-state index in [2.05, 4.69) is 6.07 Å². The molecule has 0 aromatic heterocycles. The highest BCUT2D eigenvalue weighted by Gasteiger charge is 2.39. The first-order valence-electron chi connectivity index (χ1n) is 4.69. The van der Waals surface area contributed by atoms with Gasteiger partial charge in [0.15, 0.2) is 0 Å². The van der Waals surface area contributed by atoms with Crippen LogP contribution in [0.3, 0.4) is 0 Å². The van der Waals surface area contributed by atoms with Gasteiger partial charge < -0.3 is 4.74 Å². The van der Waals surface area contributed by atoms with Gasteiger partial charge in [0.2, 0.25) is 0 Å². The van der Waals surface area contributed by atoms with Crippen LogP contribution in [0, 0.1) is 22.7 Å². The molecule has 0 saturated heterocycles. The van der Waals surface area contributed by atoms with E-state index in [-0.39, 0.29) is 17.3 Å². The fourth-order valence-electron chi connectivity index (χ4n) is 1.80. The molecular formula is C10H15NO2. The molecule has 1 aliphatic carbocycles. The summed E-state index contributed by atoms with van der Waals surface area (Å²) in [4.78, 5) is 11.3. The van der Waals surface area contributed by atoms with Crippen LogP contribution in [0.5, 0.6) is 0 Å². The van der Waals surface area contributed by atoms with Crippen LogP contribution in [0.15, 0.2) is 0 Å². The van der Waals surface area contributed by atoms with E-state index >= 15 is 0 Å². The molecule has 0 spiro atoms. The summed E-state index contributed by atoms with van der Waals surface area (Å²) in [5, 5.41) is 8.85. The molecule has 3 nitrogen and oxygen atoms in total. The summed E-state index contributed by atoms with van der Waals surface area (Å²) in [6.45, 7) is 4.14. The van der Waals surface area contributed by atoms with Crippen LogP contribution in [0.4, 0.5) is 0 Å². The fraction of sp³-hybridized carbons (Fsp3) is 0.800. The Morgan fingerprint density at radius 1 is 1.77 bits per heavy atom. The van der Waals surface area contributed by atoms with Crippen LogP contribution in [0.2, 0.25) is 0 Å². The van der Waals surface area contributed by atoms with E-state index in [1.54, 1.807) is 6.92 Å². The van der Waals surface area contributed by atoms with Gasteiger partial charge in [-0.05, 0) is 33.1 Å². The van der Waals surface area contributed by atoms with Crippen molar-refractivity contribution in [1.29, 1.82) is 5.26 Å². The highest BCUT2D eigenvalue weighted by atomic mass is 16.5. The van der Waals surface area contributed by atoms with Crippen LogP contribution in [-0.2, 0) is 9.53 Å². The lowest BCUT2D eigenvalue weighted by Gasteiger charge is -2.12. The molecule has 1 rings (SSSR count). The van der Waals surface area contributed by atoms with Crippen molar-refractivity contribution in [2.75, 3.05) is 6.61 Å². The molecule has 13 heavy (non-hydrogen) atoms. The van der Waals surface area contributed by atoms with E-state index in [0.717, 1.165) is 12.8 Å². The van der Waals surface area contributed by atoms with Crippen molar-refractivity contribution in [3.63, 3.8) is 0 Å². The van der Waals surface area contributed by atoms with Gasteiger partial charge in [-0.15, -0.1) is 0 Å². The summed E-state index contributed by atoms with van der Waals surface area (Å²) in [6, 6.07) is 2.26. The van der Waals surface area contributed by atoms with Crippen LogP contribution in [0.25, 0.3) is 0 Å². The second-order valence-electron chi connectivity index (χ2n) is 3.86. The first-order chi connectivity index (χ1) is 6.11. The lowest BCUT2D eigenvalue weighted by molar-refractivity contribution is -0.147. The van der Waals surface area contributed by atoms with Gasteiger partial charge in [-0.1, -0.05) is 0 Å². The number of nitrogens with zero attached hydrogens (tertiary/aromatic N) is 1. The van der Waals surface area contributed by atoms with Crippen molar-refractivity contribution < 1.29 is 9.53 Å². The fourth-order valence-corrected chi connectivity index (χ4v) is 1.80. The molecule has 2 atom stereocenters. The predicted molar refractivity (Wildman–Crippen MR) is 47.7 cm³/mol. The quantitative estimate of drug-likeness (QED) is 0.611. The number of rotatable bonds is 2. The standard InChI is InChI=1S/C10H15NO2/c1-3-13-9(12)8-4-5-10(2,6-8)7-11/h8H,3-6H2,1-2H3. The Morgan fingerprint density at radius 3 is 2.92 bits per heavy atom. The molecular weight excluding hydrogens is 166 g/mol. The third-order valence-electron chi connectivity index (χ3n) is 2.63. The SMILES string of the molecule is CCOC(=O)C1CCC(C)(C#N)C1. The predicted octanol–water partition coefficient (Wildman–Crippen LogP) is 1.88. The van der Waals surface area contributed by atoms with Gasteiger partial charge in [0.25, 0.3) is 0 Å². The zero-order chi connectivity index (χ0) is 9.90. The molecule has 1 aliphatic rings. The van der Waals surface area contributed by atoms with Gasteiger partial charge in [0.05, 0.1) is 24.0 Å². The molecule has 0 bridgehead atoms. The lowest BCUT2D eigenvalue weighted by atomic mass is 9.90. The zero-order valence-corrected chi connectivity index (χ0v) is 8.17. The van der Waals surface area contributed by atoms with Crippen molar-refractivity contribution in [1.82, 2.24) is 0 Å². The minimum Gasteiger partial charge on any atom is -0.466 e. The van der Waals surface area contributed by atoms with Crippen LogP contribution >= 0.6 is 0 Å². The van der Waals surface area contributed by atoms with Gasteiger partial charge in [-0.25, -0.2) is 0 Å². The average Bonchev–Trinajstić information content (AvgIpc) is 2.50. The van der Waals surface area contributed by atoms with Gasteiger partial charge in [-0.3, -0.25) is 4.79 Å². The van der Waals surface area contributed by atoms with Crippen LogP contribution < -0.4 is 0 Å². The summed E-state index contributed by atoms with van der Waals surface area (Å²) in [7, 11) is 0. The maximum Gasteiger partial charge on any atom is 0.308 e. The smallest absolute Gasteiger partial charge is 0.308 e. The van der Waals surface area contributed by atoms with Gasteiger partial charge in [0.1, 0.15) is 0 Å². The first-order valence-corrected chi connectivity index (χ1v) is 4.69. The Balaban J connectivity index is 2.51. The largest absolute Gasteiger partial charge is 0.466 e. The summed E-state index contributed by atoms with van der Waals surface area (Å²) in [6.07, 6.45) is 2.26. The second-order valence-corrected chi connectivity index (χ2v) is 3.86. The van der Waals surface area contributed by atoms with E-state index in [4.69, 9.17) is 10.00 Å². The van der Waals surface area contributed by atoms with Crippen molar-refractivity contribution >= 4 is 5.97 Å². The molecule has 2 unspecified atom stereocenters.